The van der Waals surface area contributed by atoms with Gasteiger partial charge in [-0.15, -0.1) is 0 Å². The van der Waals surface area contributed by atoms with Crippen LogP contribution in [-0.2, 0) is 0 Å². The van der Waals surface area contributed by atoms with Crippen LogP contribution < -0.4 is 0 Å². The molecule has 0 aromatic carbocycles. The topological polar surface area (TPSA) is 41.1 Å². The maximum atomic E-state index is 9.52. The number of likely N-dealkylation sites (tertiary alicyclic amines) is 2. The highest BCUT2D eigenvalue weighted by atomic mass is 15.4. The quantitative estimate of drug-likeness (QED) is 0.463. The number of allylic oxidation sites excluding steroid dienone is 1. The van der Waals surface area contributed by atoms with Crippen molar-refractivity contribution in [3.8, 4) is 6.07 Å². The standard InChI is InChI=1S/C23H38N6/c1-21-10-7-14-27(21)15-9-17-29-19-18-28(23(29)22(20-24)25-2)16-8-13-26-11-5-3-4-6-12-26/h21H,3-19H2,1H3/b23-22+. The molecule has 0 aliphatic carbocycles. The Bertz CT molecular complexity index is 606. The van der Waals surface area contributed by atoms with Gasteiger partial charge in [0.25, 0.3) is 0 Å². The van der Waals surface area contributed by atoms with Crippen molar-refractivity contribution >= 4 is 0 Å². The van der Waals surface area contributed by atoms with Crippen molar-refractivity contribution in [1.29, 1.82) is 5.26 Å². The molecule has 29 heavy (non-hydrogen) atoms. The number of nitrogens with zero attached hydrogens (tertiary/aromatic N) is 6. The van der Waals surface area contributed by atoms with Crippen molar-refractivity contribution in [2.45, 2.75) is 64.3 Å². The Balaban J connectivity index is 1.51. The van der Waals surface area contributed by atoms with Crippen molar-refractivity contribution in [2.24, 2.45) is 0 Å². The van der Waals surface area contributed by atoms with Crippen LogP contribution in [0.2, 0.25) is 0 Å². The van der Waals surface area contributed by atoms with E-state index in [1.807, 2.05) is 0 Å². The molecule has 0 aromatic heterocycles. The summed E-state index contributed by atoms with van der Waals surface area (Å²) in [5, 5.41) is 9.52. The predicted molar refractivity (Wildman–Crippen MR) is 117 cm³/mol. The Morgan fingerprint density at radius 1 is 0.931 bits per heavy atom. The van der Waals surface area contributed by atoms with Crippen LogP contribution >= 0.6 is 0 Å². The minimum atomic E-state index is 0.270. The van der Waals surface area contributed by atoms with Crippen molar-refractivity contribution in [2.75, 3.05) is 58.9 Å². The van der Waals surface area contributed by atoms with Crippen molar-refractivity contribution in [3.63, 3.8) is 0 Å². The van der Waals surface area contributed by atoms with E-state index in [4.69, 9.17) is 6.57 Å². The molecule has 3 saturated heterocycles. The van der Waals surface area contributed by atoms with Gasteiger partial charge in [0.15, 0.2) is 0 Å². The van der Waals surface area contributed by atoms with Crippen molar-refractivity contribution in [1.82, 2.24) is 19.6 Å². The normalized spacial score (nSPS) is 25.7. The fraction of sp³-hybridized carbons (Fsp3) is 0.826. The summed E-state index contributed by atoms with van der Waals surface area (Å²) >= 11 is 0. The maximum Gasteiger partial charge on any atom is 0.300 e. The van der Waals surface area contributed by atoms with Crippen LogP contribution in [0.3, 0.4) is 0 Å². The Hall–Kier alpha value is -1.76. The minimum Gasteiger partial charge on any atom is -0.365 e. The second kappa shape index (κ2) is 11.4. The van der Waals surface area contributed by atoms with E-state index >= 15 is 0 Å². The highest BCUT2D eigenvalue weighted by Crippen LogP contribution is 2.24. The van der Waals surface area contributed by atoms with E-state index in [1.54, 1.807) is 0 Å². The van der Waals surface area contributed by atoms with Gasteiger partial charge in [-0.2, -0.15) is 0 Å². The zero-order chi connectivity index (χ0) is 20.5. The zero-order valence-electron chi connectivity index (χ0n) is 18.3. The molecule has 0 saturated carbocycles. The minimum absolute atomic E-state index is 0.270. The highest BCUT2D eigenvalue weighted by Gasteiger charge is 2.28. The number of hydrogen-bond acceptors (Lipinski definition) is 5. The molecule has 0 N–H and O–H groups in total. The third kappa shape index (κ3) is 6.11. The van der Waals surface area contributed by atoms with Gasteiger partial charge in [-0.3, -0.25) is 0 Å². The molecule has 0 spiro atoms. The van der Waals surface area contributed by atoms with Gasteiger partial charge in [0.1, 0.15) is 5.82 Å². The molecule has 1 atom stereocenters. The van der Waals surface area contributed by atoms with Crippen LogP contribution in [0.5, 0.6) is 0 Å². The molecular weight excluding hydrogens is 360 g/mol. The summed E-state index contributed by atoms with van der Waals surface area (Å²) in [5.41, 5.74) is 0.270. The summed E-state index contributed by atoms with van der Waals surface area (Å²) in [6.45, 7) is 19.5. The van der Waals surface area contributed by atoms with Gasteiger partial charge in [0, 0.05) is 38.8 Å². The fourth-order valence-corrected chi connectivity index (χ4v) is 5.15. The van der Waals surface area contributed by atoms with Crippen LogP contribution in [0.1, 0.15) is 58.3 Å². The first-order chi connectivity index (χ1) is 14.2. The number of nitriles is 1. The van der Waals surface area contributed by atoms with E-state index < -0.39 is 0 Å². The van der Waals surface area contributed by atoms with E-state index in [0.29, 0.717) is 6.04 Å². The van der Waals surface area contributed by atoms with Gasteiger partial charge in [-0.25, -0.2) is 10.1 Å². The summed E-state index contributed by atoms with van der Waals surface area (Å²) in [6, 6.07) is 2.87. The summed E-state index contributed by atoms with van der Waals surface area (Å²) < 4.78 is 0. The van der Waals surface area contributed by atoms with Gasteiger partial charge in [-0.1, -0.05) is 12.8 Å². The lowest BCUT2D eigenvalue weighted by molar-refractivity contribution is 0.241. The highest BCUT2D eigenvalue weighted by molar-refractivity contribution is 5.33. The summed E-state index contributed by atoms with van der Waals surface area (Å²) in [4.78, 5) is 13.3. The Kier molecular flexibility index (Phi) is 8.65. The summed E-state index contributed by atoms with van der Waals surface area (Å²) in [7, 11) is 0. The molecule has 3 heterocycles. The number of hydrogen-bond donors (Lipinski definition) is 0. The average Bonchev–Trinajstić information content (AvgIpc) is 3.21. The number of rotatable bonds is 8. The Morgan fingerprint density at radius 2 is 1.59 bits per heavy atom. The maximum absolute atomic E-state index is 9.52. The third-order valence-electron chi connectivity index (χ3n) is 6.83. The second-order valence-electron chi connectivity index (χ2n) is 8.86. The third-order valence-corrected chi connectivity index (χ3v) is 6.83. The average molecular weight is 399 g/mol. The molecule has 3 fully saturated rings. The first-order valence-corrected chi connectivity index (χ1v) is 11.7. The van der Waals surface area contributed by atoms with Crippen LogP contribution in [0, 0.1) is 17.9 Å². The lowest BCUT2D eigenvalue weighted by atomic mass is 10.2. The molecule has 0 bridgehead atoms. The molecule has 6 nitrogen and oxygen atoms in total. The van der Waals surface area contributed by atoms with E-state index in [0.717, 1.165) is 57.9 Å². The molecule has 0 amide bonds. The van der Waals surface area contributed by atoms with Gasteiger partial charge in [0.2, 0.25) is 0 Å². The molecule has 3 aliphatic heterocycles. The predicted octanol–water partition coefficient (Wildman–Crippen LogP) is 3.36. The largest absolute Gasteiger partial charge is 0.365 e. The Morgan fingerprint density at radius 3 is 2.14 bits per heavy atom. The van der Waals surface area contributed by atoms with Crippen LogP contribution in [-0.4, -0.2) is 84.5 Å². The smallest absolute Gasteiger partial charge is 0.300 e. The summed E-state index contributed by atoms with van der Waals surface area (Å²) in [6.07, 6.45) is 10.2. The monoisotopic (exact) mass is 398 g/mol. The van der Waals surface area contributed by atoms with Crippen LogP contribution in [0.25, 0.3) is 4.85 Å². The van der Waals surface area contributed by atoms with Crippen molar-refractivity contribution < 1.29 is 0 Å². The first-order valence-electron chi connectivity index (χ1n) is 11.7. The lowest BCUT2D eigenvalue weighted by Gasteiger charge is -2.28. The van der Waals surface area contributed by atoms with Crippen molar-refractivity contribution in [3.05, 3.63) is 22.9 Å². The zero-order valence-corrected chi connectivity index (χ0v) is 18.3. The van der Waals surface area contributed by atoms with E-state index in [-0.39, 0.29) is 5.70 Å². The van der Waals surface area contributed by atoms with Gasteiger partial charge < -0.3 is 19.6 Å². The second-order valence-corrected chi connectivity index (χ2v) is 8.86. The molecule has 6 heteroatoms. The first kappa shape index (κ1) is 21.9. The molecule has 3 aliphatic rings. The van der Waals surface area contributed by atoms with E-state index in [9.17, 15) is 5.26 Å². The molecular formula is C23H38N6. The molecule has 0 aromatic rings. The summed E-state index contributed by atoms with van der Waals surface area (Å²) in [5.74, 6) is 0.896. The van der Waals surface area contributed by atoms with Gasteiger partial charge in [0.05, 0.1) is 12.6 Å². The molecule has 160 valence electrons. The molecule has 1 unspecified atom stereocenters. The van der Waals surface area contributed by atoms with Gasteiger partial charge >= 0.3 is 5.70 Å². The van der Waals surface area contributed by atoms with E-state index in [1.165, 1.54) is 58.2 Å². The fourth-order valence-electron chi connectivity index (χ4n) is 5.15. The Labute approximate surface area is 177 Å². The van der Waals surface area contributed by atoms with Crippen LogP contribution in [0.15, 0.2) is 11.5 Å². The SMILES string of the molecule is [C-]#[N+]/C(C#N)=C1\N(CCCN2CCCCCC2)CCN1CCCN1CCCC1C. The van der Waals surface area contributed by atoms with Gasteiger partial charge in [-0.05, 0) is 71.6 Å². The van der Waals surface area contributed by atoms with Crippen LogP contribution in [0.4, 0.5) is 0 Å². The molecule has 0 radical (unpaired) electrons. The lowest BCUT2D eigenvalue weighted by Crippen LogP contribution is -2.32. The molecule has 3 rings (SSSR count). The van der Waals surface area contributed by atoms with E-state index in [2.05, 4.69) is 37.4 Å².